The Kier molecular flexibility index (Phi) is 9.38. The molecule has 0 saturated heterocycles. The van der Waals surface area contributed by atoms with Crippen LogP contribution in [0.1, 0.15) is 44.9 Å². The van der Waals surface area contributed by atoms with Gasteiger partial charge < -0.3 is 9.47 Å². The summed E-state index contributed by atoms with van der Waals surface area (Å²) in [6, 6.07) is 0. The van der Waals surface area contributed by atoms with Crippen molar-refractivity contribution in [3.8, 4) is 0 Å². The van der Waals surface area contributed by atoms with Gasteiger partial charge in [0.1, 0.15) is 0 Å². The van der Waals surface area contributed by atoms with Gasteiger partial charge in [0, 0.05) is 6.42 Å². The third-order valence-electron chi connectivity index (χ3n) is 2.52. The summed E-state index contributed by atoms with van der Waals surface area (Å²) in [5.74, 6) is -0.991. The third kappa shape index (κ3) is 8.65. The van der Waals surface area contributed by atoms with Crippen LogP contribution in [0.5, 0.6) is 0 Å². The second-order valence-electron chi connectivity index (χ2n) is 3.87. The van der Waals surface area contributed by atoms with E-state index in [0.29, 0.717) is 12.8 Å². The molecular formula is C12H21FO4. The Hall–Kier alpha value is -1.13. The second kappa shape index (κ2) is 10.1. The maximum atomic E-state index is 13.0. The first kappa shape index (κ1) is 15.9. The number of esters is 2. The highest BCUT2D eigenvalue weighted by molar-refractivity contribution is 5.74. The summed E-state index contributed by atoms with van der Waals surface area (Å²) < 4.78 is 21.8. The molecule has 0 N–H and O–H groups in total. The molecule has 1 atom stereocenters. The predicted octanol–water partition coefficient (Wildman–Crippen LogP) is 2.40. The Morgan fingerprint density at radius 1 is 1.00 bits per heavy atom. The Bertz CT molecular complexity index is 231. The smallest absolute Gasteiger partial charge is 0.340 e. The molecule has 0 aromatic heterocycles. The van der Waals surface area contributed by atoms with E-state index in [1.165, 1.54) is 14.2 Å². The van der Waals surface area contributed by atoms with E-state index in [0.717, 1.165) is 25.7 Å². The molecule has 17 heavy (non-hydrogen) atoms. The molecule has 5 heteroatoms. The van der Waals surface area contributed by atoms with Crippen molar-refractivity contribution in [1.82, 2.24) is 0 Å². The lowest BCUT2D eigenvalue weighted by Gasteiger charge is -2.05. The zero-order chi connectivity index (χ0) is 13.1. The molecule has 0 amide bonds. The molecule has 0 aliphatic rings. The van der Waals surface area contributed by atoms with E-state index in [-0.39, 0.29) is 12.4 Å². The molecule has 0 aromatic carbocycles. The molecule has 0 aromatic rings. The van der Waals surface area contributed by atoms with Crippen molar-refractivity contribution in [2.24, 2.45) is 0 Å². The number of alkyl halides is 1. The first-order valence-corrected chi connectivity index (χ1v) is 5.90. The van der Waals surface area contributed by atoms with E-state index >= 15 is 0 Å². The van der Waals surface area contributed by atoms with E-state index in [9.17, 15) is 14.0 Å². The molecular weight excluding hydrogens is 227 g/mol. The number of rotatable bonds is 9. The topological polar surface area (TPSA) is 52.6 Å². The third-order valence-corrected chi connectivity index (χ3v) is 2.52. The number of hydrogen-bond donors (Lipinski definition) is 0. The van der Waals surface area contributed by atoms with Crippen molar-refractivity contribution in [3.05, 3.63) is 0 Å². The number of unbranched alkanes of at least 4 members (excludes halogenated alkanes) is 4. The molecule has 4 nitrogen and oxygen atoms in total. The molecule has 0 aliphatic carbocycles. The predicted molar refractivity (Wildman–Crippen MR) is 61.2 cm³/mol. The average Bonchev–Trinajstić information content (AvgIpc) is 2.35. The van der Waals surface area contributed by atoms with Gasteiger partial charge in [-0.3, -0.25) is 4.79 Å². The summed E-state index contributed by atoms with van der Waals surface area (Å²) in [6.45, 7) is 0. The van der Waals surface area contributed by atoms with Gasteiger partial charge in [0.25, 0.3) is 0 Å². The fourth-order valence-corrected chi connectivity index (χ4v) is 1.47. The highest BCUT2D eigenvalue weighted by Crippen LogP contribution is 2.11. The molecule has 0 spiro atoms. The highest BCUT2D eigenvalue weighted by atomic mass is 19.1. The largest absolute Gasteiger partial charge is 0.469 e. The van der Waals surface area contributed by atoms with E-state index < -0.39 is 12.1 Å². The quantitative estimate of drug-likeness (QED) is 0.464. The van der Waals surface area contributed by atoms with Crippen molar-refractivity contribution in [3.63, 3.8) is 0 Å². The van der Waals surface area contributed by atoms with Crippen LogP contribution < -0.4 is 0 Å². The van der Waals surface area contributed by atoms with Crippen LogP contribution >= 0.6 is 0 Å². The normalized spacial score (nSPS) is 11.9. The lowest BCUT2D eigenvalue weighted by molar-refractivity contribution is -0.146. The van der Waals surface area contributed by atoms with Gasteiger partial charge in [-0.25, -0.2) is 9.18 Å². The van der Waals surface area contributed by atoms with E-state index in [1.807, 2.05) is 0 Å². The van der Waals surface area contributed by atoms with Crippen LogP contribution in [0.25, 0.3) is 0 Å². The summed E-state index contributed by atoms with van der Waals surface area (Å²) in [5.41, 5.74) is 0. The first-order chi connectivity index (χ1) is 8.11. The van der Waals surface area contributed by atoms with Crippen molar-refractivity contribution < 1.29 is 23.5 Å². The van der Waals surface area contributed by atoms with Crippen molar-refractivity contribution in [2.45, 2.75) is 51.1 Å². The van der Waals surface area contributed by atoms with Crippen LogP contribution in [0.3, 0.4) is 0 Å². The van der Waals surface area contributed by atoms with Gasteiger partial charge >= 0.3 is 11.9 Å². The fraction of sp³-hybridized carbons (Fsp3) is 0.833. The number of halogens is 1. The van der Waals surface area contributed by atoms with Crippen LogP contribution in [-0.2, 0) is 19.1 Å². The SMILES string of the molecule is COC(=O)CCCCCCCC(F)C(=O)OC. The average molecular weight is 248 g/mol. The van der Waals surface area contributed by atoms with Crippen molar-refractivity contribution in [1.29, 1.82) is 0 Å². The molecule has 0 rings (SSSR count). The minimum absolute atomic E-state index is 0.195. The van der Waals surface area contributed by atoms with Gasteiger partial charge in [-0.2, -0.15) is 0 Å². The van der Waals surface area contributed by atoms with Crippen LogP contribution in [0.2, 0.25) is 0 Å². The van der Waals surface area contributed by atoms with Gasteiger partial charge in [0.05, 0.1) is 14.2 Å². The summed E-state index contributed by atoms with van der Waals surface area (Å²) in [4.78, 5) is 21.5. The number of carbonyl (C=O) groups excluding carboxylic acids is 2. The van der Waals surface area contributed by atoms with Gasteiger partial charge in [0.15, 0.2) is 6.17 Å². The molecule has 100 valence electrons. The van der Waals surface area contributed by atoms with Crippen LogP contribution in [-0.4, -0.2) is 32.3 Å². The van der Waals surface area contributed by atoms with Crippen molar-refractivity contribution >= 4 is 11.9 Å². The monoisotopic (exact) mass is 248 g/mol. The standard InChI is InChI=1S/C12H21FO4/c1-16-11(14)9-7-5-3-4-6-8-10(13)12(15)17-2/h10H,3-9H2,1-2H3. The zero-order valence-electron chi connectivity index (χ0n) is 10.5. The summed E-state index contributed by atoms with van der Waals surface area (Å²) in [5, 5.41) is 0. The summed E-state index contributed by atoms with van der Waals surface area (Å²) in [6.07, 6.45) is 3.31. The summed E-state index contributed by atoms with van der Waals surface area (Å²) >= 11 is 0. The van der Waals surface area contributed by atoms with E-state index in [2.05, 4.69) is 9.47 Å². The molecule has 0 heterocycles. The maximum absolute atomic E-state index is 13.0. The van der Waals surface area contributed by atoms with Gasteiger partial charge in [-0.1, -0.05) is 19.3 Å². The van der Waals surface area contributed by atoms with Gasteiger partial charge in [0.2, 0.25) is 0 Å². The molecule has 0 radical (unpaired) electrons. The number of methoxy groups -OCH3 is 2. The van der Waals surface area contributed by atoms with Gasteiger partial charge in [-0.15, -0.1) is 0 Å². The number of carbonyl (C=O) groups is 2. The molecule has 0 saturated carbocycles. The van der Waals surface area contributed by atoms with E-state index in [4.69, 9.17) is 0 Å². The Morgan fingerprint density at radius 3 is 2.18 bits per heavy atom. The number of hydrogen-bond acceptors (Lipinski definition) is 4. The van der Waals surface area contributed by atoms with Crippen LogP contribution in [0.4, 0.5) is 4.39 Å². The fourth-order valence-electron chi connectivity index (χ4n) is 1.47. The van der Waals surface area contributed by atoms with E-state index in [1.54, 1.807) is 0 Å². The Morgan fingerprint density at radius 2 is 1.59 bits per heavy atom. The lowest BCUT2D eigenvalue weighted by Crippen LogP contribution is -2.16. The van der Waals surface area contributed by atoms with Crippen LogP contribution in [0, 0.1) is 0 Å². The molecule has 0 bridgehead atoms. The van der Waals surface area contributed by atoms with Crippen LogP contribution in [0.15, 0.2) is 0 Å². The van der Waals surface area contributed by atoms with Crippen molar-refractivity contribution in [2.75, 3.05) is 14.2 Å². The Labute approximate surface area is 101 Å². The maximum Gasteiger partial charge on any atom is 0.340 e. The second-order valence-corrected chi connectivity index (χ2v) is 3.87. The summed E-state index contributed by atoms with van der Waals surface area (Å²) in [7, 11) is 2.55. The van der Waals surface area contributed by atoms with Gasteiger partial charge in [-0.05, 0) is 19.3 Å². The minimum atomic E-state index is -1.50. The number of ether oxygens (including phenoxy) is 2. The first-order valence-electron chi connectivity index (χ1n) is 5.90. The lowest BCUT2D eigenvalue weighted by atomic mass is 10.1. The minimum Gasteiger partial charge on any atom is -0.469 e. The Balaban J connectivity index is 3.29. The molecule has 0 aliphatic heterocycles. The highest BCUT2D eigenvalue weighted by Gasteiger charge is 2.16. The molecule has 0 fully saturated rings. The zero-order valence-corrected chi connectivity index (χ0v) is 10.5. The molecule has 1 unspecified atom stereocenters.